The lowest BCUT2D eigenvalue weighted by molar-refractivity contribution is 0.0694. The van der Waals surface area contributed by atoms with Crippen LogP contribution in [0.2, 0.25) is 5.02 Å². The number of nitrogens with zero attached hydrogens (tertiary/aromatic N) is 2. The van der Waals surface area contributed by atoms with Crippen molar-refractivity contribution in [3.8, 4) is 11.6 Å². The van der Waals surface area contributed by atoms with Crippen LogP contribution in [-0.4, -0.2) is 21.0 Å². The molecule has 2 aromatic rings. The fourth-order valence-corrected chi connectivity index (χ4v) is 1.60. The van der Waals surface area contributed by atoms with E-state index in [0.717, 1.165) is 11.4 Å². The van der Waals surface area contributed by atoms with E-state index >= 15 is 0 Å². The molecule has 0 radical (unpaired) electrons. The van der Waals surface area contributed by atoms with E-state index in [1.165, 1.54) is 24.4 Å². The first kappa shape index (κ1) is 13.3. The average molecular weight is 279 g/mol. The normalized spacial score (nSPS) is 10.3. The van der Waals surface area contributed by atoms with Crippen LogP contribution in [0, 0.1) is 13.8 Å². The van der Waals surface area contributed by atoms with Gasteiger partial charge in [-0.05, 0) is 26.0 Å². The first-order valence-electron chi connectivity index (χ1n) is 5.48. The van der Waals surface area contributed by atoms with Crippen molar-refractivity contribution in [3.63, 3.8) is 0 Å². The summed E-state index contributed by atoms with van der Waals surface area (Å²) in [6.07, 6.45) is 1.44. The summed E-state index contributed by atoms with van der Waals surface area (Å²) in [4.78, 5) is 19.4. The van der Waals surface area contributed by atoms with Gasteiger partial charge in [0.1, 0.15) is 11.3 Å². The molecule has 1 N–H and O–H groups in total. The SMILES string of the molecule is Cc1ncc(Oc2cc(Cl)ccc2C(=O)O)nc1C. The number of aromatic nitrogens is 2. The van der Waals surface area contributed by atoms with Gasteiger partial charge in [-0.2, -0.15) is 0 Å². The van der Waals surface area contributed by atoms with Gasteiger partial charge in [0.05, 0.1) is 17.6 Å². The quantitative estimate of drug-likeness (QED) is 0.933. The molecule has 1 aromatic heterocycles. The second kappa shape index (κ2) is 5.24. The predicted octanol–water partition coefficient (Wildman–Crippen LogP) is 3.24. The van der Waals surface area contributed by atoms with E-state index in [0.29, 0.717) is 5.02 Å². The number of ether oxygens (including phenoxy) is 1. The molecule has 6 heteroatoms. The highest BCUT2D eigenvalue weighted by Crippen LogP contribution is 2.27. The van der Waals surface area contributed by atoms with Crippen LogP contribution in [0.1, 0.15) is 21.7 Å². The zero-order chi connectivity index (χ0) is 14.0. The van der Waals surface area contributed by atoms with E-state index in [4.69, 9.17) is 21.4 Å². The number of carbonyl (C=O) groups is 1. The van der Waals surface area contributed by atoms with Crippen molar-refractivity contribution in [2.75, 3.05) is 0 Å². The molecule has 0 spiro atoms. The average Bonchev–Trinajstić information content (AvgIpc) is 2.33. The molecular weight excluding hydrogens is 268 g/mol. The minimum absolute atomic E-state index is 0.0180. The maximum absolute atomic E-state index is 11.1. The van der Waals surface area contributed by atoms with E-state index in [2.05, 4.69) is 9.97 Å². The summed E-state index contributed by atoms with van der Waals surface area (Å²) in [6.45, 7) is 3.62. The smallest absolute Gasteiger partial charge is 0.339 e. The molecule has 0 amide bonds. The van der Waals surface area contributed by atoms with E-state index < -0.39 is 5.97 Å². The Morgan fingerprint density at radius 3 is 2.68 bits per heavy atom. The van der Waals surface area contributed by atoms with Crippen molar-refractivity contribution in [3.05, 3.63) is 46.4 Å². The standard InChI is InChI=1S/C13H11ClN2O3/c1-7-8(2)16-12(6-15-7)19-11-5-9(14)3-4-10(11)13(17)18/h3-6H,1-2H3,(H,17,18). The zero-order valence-electron chi connectivity index (χ0n) is 10.3. The van der Waals surface area contributed by atoms with Gasteiger partial charge in [-0.3, -0.25) is 4.98 Å². The lowest BCUT2D eigenvalue weighted by Crippen LogP contribution is -2.01. The first-order valence-corrected chi connectivity index (χ1v) is 5.86. The third-order valence-corrected chi connectivity index (χ3v) is 2.79. The number of rotatable bonds is 3. The topological polar surface area (TPSA) is 72.3 Å². The van der Waals surface area contributed by atoms with Crippen LogP contribution in [0.4, 0.5) is 0 Å². The molecule has 0 saturated heterocycles. The van der Waals surface area contributed by atoms with Crippen LogP contribution >= 0.6 is 11.6 Å². The molecule has 0 bridgehead atoms. The second-order valence-electron chi connectivity index (χ2n) is 3.93. The fourth-order valence-electron chi connectivity index (χ4n) is 1.44. The highest BCUT2D eigenvalue weighted by Gasteiger charge is 2.13. The summed E-state index contributed by atoms with van der Waals surface area (Å²) < 4.78 is 5.45. The van der Waals surface area contributed by atoms with Crippen LogP contribution in [-0.2, 0) is 0 Å². The van der Waals surface area contributed by atoms with Gasteiger partial charge in [-0.1, -0.05) is 11.6 Å². The molecule has 19 heavy (non-hydrogen) atoms. The monoisotopic (exact) mass is 278 g/mol. The number of halogens is 1. The van der Waals surface area contributed by atoms with Crippen LogP contribution < -0.4 is 4.74 Å². The van der Waals surface area contributed by atoms with Gasteiger partial charge in [-0.15, -0.1) is 0 Å². The van der Waals surface area contributed by atoms with E-state index in [1.54, 1.807) is 6.92 Å². The maximum Gasteiger partial charge on any atom is 0.339 e. The Bertz CT molecular complexity index is 644. The molecule has 1 heterocycles. The Balaban J connectivity index is 2.39. The molecule has 1 aromatic carbocycles. The summed E-state index contributed by atoms with van der Waals surface area (Å²) in [5.41, 5.74) is 1.53. The number of carboxylic acid groups (broad SMARTS) is 1. The third-order valence-electron chi connectivity index (χ3n) is 2.56. The summed E-state index contributed by atoms with van der Waals surface area (Å²) >= 11 is 5.84. The van der Waals surface area contributed by atoms with Gasteiger partial charge < -0.3 is 9.84 Å². The number of hydrogen-bond acceptors (Lipinski definition) is 4. The number of aryl methyl sites for hydroxylation is 2. The summed E-state index contributed by atoms with van der Waals surface area (Å²) in [6, 6.07) is 4.31. The van der Waals surface area contributed by atoms with Crippen molar-refractivity contribution in [2.24, 2.45) is 0 Å². The van der Waals surface area contributed by atoms with Gasteiger partial charge in [0.2, 0.25) is 5.88 Å². The van der Waals surface area contributed by atoms with Crippen LogP contribution in [0.5, 0.6) is 11.6 Å². The second-order valence-corrected chi connectivity index (χ2v) is 4.36. The van der Waals surface area contributed by atoms with Gasteiger partial charge in [0, 0.05) is 11.1 Å². The molecule has 2 rings (SSSR count). The Morgan fingerprint density at radius 1 is 1.32 bits per heavy atom. The molecule has 98 valence electrons. The van der Waals surface area contributed by atoms with Gasteiger partial charge >= 0.3 is 5.97 Å². The number of carboxylic acids is 1. The summed E-state index contributed by atoms with van der Waals surface area (Å²) in [5.74, 6) is -0.728. The predicted molar refractivity (Wildman–Crippen MR) is 70.0 cm³/mol. The fraction of sp³-hybridized carbons (Fsp3) is 0.154. The molecule has 0 unspecified atom stereocenters. The maximum atomic E-state index is 11.1. The Labute approximate surface area is 114 Å². The molecule has 0 aliphatic heterocycles. The highest BCUT2D eigenvalue weighted by molar-refractivity contribution is 6.30. The van der Waals surface area contributed by atoms with E-state index in [-0.39, 0.29) is 17.2 Å². The minimum atomic E-state index is -1.09. The molecule has 5 nitrogen and oxygen atoms in total. The molecular formula is C13H11ClN2O3. The third kappa shape index (κ3) is 3.00. The van der Waals surface area contributed by atoms with Gasteiger partial charge in [-0.25, -0.2) is 9.78 Å². The summed E-state index contributed by atoms with van der Waals surface area (Å²) in [5, 5.41) is 9.46. The molecule has 0 fully saturated rings. The van der Waals surface area contributed by atoms with Crippen LogP contribution in [0.15, 0.2) is 24.4 Å². The number of benzene rings is 1. The van der Waals surface area contributed by atoms with Crippen LogP contribution in [0.3, 0.4) is 0 Å². The van der Waals surface area contributed by atoms with Crippen molar-refractivity contribution in [2.45, 2.75) is 13.8 Å². The van der Waals surface area contributed by atoms with Crippen molar-refractivity contribution >= 4 is 17.6 Å². The lowest BCUT2D eigenvalue weighted by atomic mass is 10.2. The molecule has 0 aliphatic carbocycles. The molecule has 0 aliphatic rings. The van der Waals surface area contributed by atoms with Crippen LogP contribution in [0.25, 0.3) is 0 Å². The Kier molecular flexibility index (Phi) is 3.66. The lowest BCUT2D eigenvalue weighted by Gasteiger charge is -2.09. The van der Waals surface area contributed by atoms with Crippen molar-refractivity contribution < 1.29 is 14.6 Å². The Morgan fingerprint density at radius 2 is 2.05 bits per heavy atom. The number of aromatic carboxylic acids is 1. The number of hydrogen-bond donors (Lipinski definition) is 1. The van der Waals surface area contributed by atoms with E-state index in [9.17, 15) is 4.79 Å². The minimum Gasteiger partial charge on any atom is -0.478 e. The molecule has 0 saturated carbocycles. The molecule has 0 atom stereocenters. The summed E-state index contributed by atoms with van der Waals surface area (Å²) in [7, 11) is 0. The first-order chi connectivity index (χ1) is 8.97. The van der Waals surface area contributed by atoms with Gasteiger partial charge in [0.25, 0.3) is 0 Å². The highest BCUT2D eigenvalue weighted by atomic mass is 35.5. The van der Waals surface area contributed by atoms with Crippen molar-refractivity contribution in [1.29, 1.82) is 0 Å². The van der Waals surface area contributed by atoms with E-state index in [1.807, 2.05) is 6.92 Å². The largest absolute Gasteiger partial charge is 0.478 e. The van der Waals surface area contributed by atoms with Gasteiger partial charge in [0.15, 0.2) is 0 Å². The zero-order valence-corrected chi connectivity index (χ0v) is 11.1. The Hall–Kier alpha value is -2.14. The van der Waals surface area contributed by atoms with Crippen molar-refractivity contribution in [1.82, 2.24) is 9.97 Å².